The second-order valence-electron chi connectivity index (χ2n) is 4.14. The molecule has 1 aromatic heterocycles. The number of methoxy groups -OCH3 is 1. The van der Waals surface area contributed by atoms with Crippen LogP contribution in [-0.4, -0.2) is 31.3 Å². The van der Waals surface area contributed by atoms with E-state index in [1.54, 1.807) is 7.11 Å². The molecule has 0 spiro atoms. The molecule has 0 saturated heterocycles. The highest BCUT2D eigenvalue weighted by Gasteiger charge is 2.14. The summed E-state index contributed by atoms with van der Waals surface area (Å²) in [5.74, 6) is 1.50. The molecule has 0 N–H and O–H groups in total. The molecule has 1 unspecified atom stereocenters. The van der Waals surface area contributed by atoms with Crippen LogP contribution in [-0.2, 0) is 10.6 Å². The number of halogens is 1. The van der Waals surface area contributed by atoms with Gasteiger partial charge in [0.25, 0.3) is 0 Å². The zero-order valence-corrected chi connectivity index (χ0v) is 11.8. The second-order valence-corrected chi connectivity index (χ2v) is 4.41. The molecular weight excluding hydrogens is 236 g/mol. The smallest absolute Gasteiger partial charge is 0.129 e. The van der Waals surface area contributed by atoms with Crippen LogP contribution in [0.15, 0.2) is 12.1 Å². The van der Waals surface area contributed by atoms with Crippen LogP contribution in [0.25, 0.3) is 0 Å². The van der Waals surface area contributed by atoms with Crippen LogP contribution in [0.5, 0.6) is 0 Å². The molecule has 3 nitrogen and oxygen atoms in total. The number of aryl methyl sites for hydroxylation is 1. The van der Waals surface area contributed by atoms with Gasteiger partial charge in [0.05, 0.1) is 12.6 Å². The molecule has 0 bridgehead atoms. The van der Waals surface area contributed by atoms with Crippen LogP contribution < -0.4 is 4.90 Å². The van der Waals surface area contributed by atoms with Crippen LogP contribution in [0.4, 0.5) is 5.82 Å². The number of anilines is 1. The van der Waals surface area contributed by atoms with Crippen LogP contribution in [0.3, 0.4) is 0 Å². The lowest BCUT2D eigenvalue weighted by molar-refractivity contribution is 0.181. The third-order valence-electron chi connectivity index (χ3n) is 2.90. The zero-order chi connectivity index (χ0) is 12.8. The third-order valence-corrected chi connectivity index (χ3v) is 3.19. The summed E-state index contributed by atoms with van der Waals surface area (Å²) in [5.41, 5.74) is 2.09. The molecule has 0 aromatic carbocycles. The number of hydrogen-bond acceptors (Lipinski definition) is 3. The van der Waals surface area contributed by atoms with Crippen LogP contribution in [0.1, 0.15) is 25.1 Å². The van der Waals surface area contributed by atoms with Gasteiger partial charge >= 0.3 is 0 Å². The molecule has 17 heavy (non-hydrogen) atoms. The van der Waals surface area contributed by atoms with Crippen molar-refractivity contribution in [1.82, 2.24) is 4.98 Å². The summed E-state index contributed by atoms with van der Waals surface area (Å²) >= 11 is 5.84. The Kier molecular flexibility index (Phi) is 5.72. The fourth-order valence-electron chi connectivity index (χ4n) is 1.91. The van der Waals surface area contributed by atoms with Gasteiger partial charge in [0.1, 0.15) is 5.82 Å². The van der Waals surface area contributed by atoms with Crippen molar-refractivity contribution in [2.45, 2.75) is 32.7 Å². The first-order valence-corrected chi connectivity index (χ1v) is 6.45. The standard InChI is InChI=1S/C13H21ClN2O/c1-5-16(10(2)9-17-4)13-7-6-12(8-14)11(3)15-13/h6-7,10H,5,8-9H2,1-4H3. The molecule has 1 heterocycles. The van der Waals surface area contributed by atoms with Crippen molar-refractivity contribution >= 4 is 17.4 Å². The number of pyridine rings is 1. The SMILES string of the molecule is CCN(c1ccc(CCl)c(C)n1)C(C)COC. The number of nitrogens with zero attached hydrogens (tertiary/aromatic N) is 2. The van der Waals surface area contributed by atoms with Crippen molar-refractivity contribution in [2.75, 3.05) is 25.2 Å². The molecule has 0 aliphatic heterocycles. The molecular formula is C13H21ClN2O. The summed E-state index contributed by atoms with van der Waals surface area (Å²) in [6, 6.07) is 4.39. The molecule has 1 rings (SSSR count). The predicted molar refractivity (Wildman–Crippen MR) is 72.9 cm³/mol. The number of aromatic nitrogens is 1. The van der Waals surface area contributed by atoms with Gasteiger partial charge in [-0.2, -0.15) is 0 Å². The van der Waals surface area contributed by atoms with E-state index in [0.29, 0.717) is 18.5 Å². The minimum atomic E-state index is 0.318. The summed E-state index contributed by atoms with van der Waals surface area (Å²) < 4.78 is 5.19. The lowest BCUT2D eigenvalue weighted by atomic mass is 10.2. The lowest BCUT2D eigenvalue weighted by Crippen LogP contribution is -2.36. The molecule has 1 aromatic rings. The van der Waals surface area contributed by atoms with E-state index in [2.05, 4.69) is 23.7 Å². The molecule has 0 amide bonds. The molecule has 96 valence electrons. The van der Waals surface area contributed by atoms with Crippen molar-refractivity contribution in [2.24, 2.45) is 0 Å². The summed E-state index contributed by atoms with van der Waals surface area (Å²) in [7, 11) is 1.72. The van der Waals surface area contributed by atoms with E-state index in [4.69, 9.17) is 16.3 Å². The number of alkyl halides is 1. The first-order chi connectivity index (χ1) is 8.13. The van der Waals surface area contributed by atoms with Gasteiger partial charge in [0.15, 0.2) is 0 Å². The van der Waals surface area contributed by atoms with E-state index < -0.39 is 0 Å². The molecule has 0 fully saturated rings. The van der Waals surface area contributed by atoms with Gasteiger partial charge in [-0.3, -0.25) is 0 Å². The van der Waals surface area contributed by atoms with E-state index in [9.17, 15) is 0 Å². The Hall–Kier alpha value is -0.800. The summed E-state index contributed by atoms with van der Waals surface area (Å²) in [6.45, 7) is 7.87. The Morgan fingerprint density at radius 3 is 2.65 bits per heavy atom. The van der Waals surface area contributed by atoms with Gasteiger partial charge in [0.2, 0.25) is 0 Å². The molecule has 0 radical (unpaired) electrons. The van der Waals surface area contributed by atoms with Crippen molar-refractivity contribution < 1.29 is 4.74 Å². The summed E-state index contributed by atoms with van der Waals surface area (Å²) in [6.07, 6.45) is 0. The first kappa shape index (κ1) is 14.3. The fraction of sp³-hybridized carbons (Fsp3) is 0.615. The maximum atomic E-state index is 5.84. The third kappa shape index (κ3) is 3.58. The van der Waals surface area contributed by atoms with Crippen LogP contribution >= 0.6 is 11.6 Å². The highest BCUT2D eigenvalue weighted by Crippen LogP contribution is 2.18. The Labute approximate surface area is 109 Å². The highest BCUT2D eigenvalue weighted by atomic mass is 35.5. The minimum absolute atomic E-state index is 0.318. The topological polar surface area (TPSA) is 25.4 Å². The van der Waals surface area contributed by atoms with Crippen molar-refractivity contribution in [3.05, 3.63) is 23.4 Å². The molecule has 0 aliphatic rings. The van der Waals surface area contributed by atoms with Crippen molar-refractivity contribution in [3.63, 3.8) is 0 Å². The Bertz CT molecular complexity index is 357. The van der Waals surface area contributed by atoms with Gasteiger partial charge in [-0.05, 0) is 32.4 Å². The van der Waals surface area contributed by atoms with Crippen LogP contribution in [0, 0.1) is 6.92 Å². The first-order valence-electron chi connectivity index (χ1n) is 5.92. The molecule has 0 saturated carbocycles. The van der Waals surface area contributed by atoms with Gasteiger partial charge in [-0.1, -0.05) is 6.07 Å². The molecule has 4 heteroatoms. The Morgan fingerprint density at radius 1 is 1.47 bits per heavy atom. The van der Waals surface area contributed by atoms with Crippen molar-refractivity contribution in [1.29, 1.82) is 0 Å². The largest absolute Gasteiger partial charge is 0.383 e. The predicted octanol–water partition coefficient (Wildman–Crippen LogP) is 2.99. The number of rotatable bonds is 6. The quantitative estimate of drug-likeness (QED) is 0.732. The summed E-state index contributed by atoms with van der Waals surface area (Å²) in [4.78, 5) is 6.84. The molecule has 0 aliphatic carbocycles. The normalized spacial score (nSPS) is 12.5. The van der Waals surface area contributed by atoms with Gasteiger partial charge < -0.3 is 9.64 Å². The summed E-state index contributed by atoms with van der Waals surface area (Å²) in [5, 5.41) is 0. The van der Waals surface area contributed by atoms with E-state index >= 15 is 0 Å². The van der Waals surface area contributed by atoms with Gasteiger partial charge in [0, 0.05) is 25.2 Å². The van der Waals surface area contributed by atoms with E-state index in [-0.39, 0.29) is 0 Å². The average Bonchev–Trinajstić information content (AvgIpc) is 2.30. The highest BCUT2D eigenvalue weighted by molar-refractivity contribution is 6.17. The lowest BCUT2D eigenvalue weighted by Gasteiger charge is -2.29. The maximum Gasteiger partial charge on any atom is 0.129 e. The minimum Gasteiger partial charge on any atom is -0.383 e. The second kappa shape index (κ2) is 6.82. The van der Waals surface area contributed by atoms with Crippen molar-refractivity contribution in [3.8, 4) is 0 Å². The number of hydrogen-bond donors (Lipinski definition) is 0. The van der Waals surface area contributed by atoms with Crippen LogP contribution in [0.2, 0.25) is 0 Å². The zero-order valence-electron chi connectivity index (χ0n) is 11.0. The van der Waals surface area contributed by atoms with E-state index in [1.165, 1.54) is 0 Å². The number of likely N-dealkylation sites (N-methyl/N-ethyl adjacent to an activating group) is 1. The Morgan fingerprint density at radius 2 is 2.18 bits per heavy atom. The van der Waals surface area contributed by atoms with Gasteiger partial charge in [-0.15, -0.1) is 11.6 Å². The fourth-order valence-corrected chi connectivity index (χ4v) is 2.19. The average molecular weight is 257 g/mol. The van der Waals surface area contributed by atoms with E-state index in [1.807, 2.05) is 19.1 Å². The number of ether oxygens (including phenoxy) is 1. The maximum absolute atomic E-state index is 5.84. The molecule has 1 atom stereocenters. The monoisotopic (exact) mass is 256 g/mol. The van der Waals surface area contributed by atoms with Gasteiger partial charge in [-0.25, -0.2) is 4.98 Å². The Balaban J connectivity index is 2.92. The van der Waals surface area contributed by atoms with E-state index in [0.717, 1.165) is 23.6 Å².